The lowest BCUT2D eigenvalue weighted by atomic mass is 10.1. The topological polar surface area (TPSA) is 67.9 Å². The van der Waals surface area contributed by atoms with Gasteiger partial charge in [-0.1, -0.05) is 12.1 Å². The number of hydrogen-bond donors (Lipinski definition) is 1. The van der Waals surface area contributed by atoms with Gasteiger partial charge in [0.25, 0.3) is 0 Å². The fraction of sp³-hybridized carbons (Fsp3) is 0.300. The van der Waals surface area contributed by atoms with E-state index in [0.717, 1.165) is 11.1 Å². The second-order valence-electron chi connectivity index (χ2n) is 6.21. The molecular weight excluding hydrogens is 351 g/mol. The van der Waals surface area contributed by atoms with Gasteiger partial charge >= 0.3 is 5.97 Å². The summed E-state index contributed by atoms with van der Waals surface area (Å²) < 4.78 is 23.4. The van der Waals surface area contributed by atoms with E-state index >= 15 is 0 Å². The maximum Gasteiger partial charge on any atom is 0.337 e. The Labute approximate surface area is 157 Å². The van der Waals surface area contributed by atoms with Crippen LogP contribution in [0.3, 0.4) is 0 Å². The molecule has 0 saturated carbocycles. The molecule has 0 atom stereocenters. The summed E-state index contributed by atoms with van der Waals surface area (Å²) in [5, 5.41) is 2.79. The second-order valence-corrected chi connectivity index (χ2v) is 6.21. The number of halogens is 1. The van der Waals surface area contributed by atoms with Crippen LogP contribution in [0.1, 0.15) is 21.5 Å². The van der Waals surface area contributed by atoms with Crippen LogP contribution < -0.4 is 10.1 Å². The van der Waals surface area contributed by atoms with Crippen molar-refractivity contribution in [3.63, 3.8) is 0 Å². The van der Waals surface area contributed by atoms with Crippen molar-refractivity contribution in [2.75, 3.05) is 33.1 Å². The molecule has 144 valence electrons. The molecule has 7 heteroatoms. The number of ether oxygens (including phenoxy) is 2. The molecule has 0 aromatic heterocycles. The van der Waals surface area contributed by atoms with Gasteiger partial charge in [0.15, 0.2) is 11.6 Å². The van der Waals surface area contributed by atoms with Crippen LogP contribution in [-0.4, -0.2) is 44.6 Å². The maximum absolute atomic E-state index is 13.8. The van der Waals surface area contributed by atoms with E-state index in [1.807, 2.05) is 6.92 Å². The van der Waals surface area contributed by atoms with Crippen molar-refractivity contribution in [2.45, 2.75) is 13.5 Å². The molecule has 0 unspecified atom stereocenters. The number of nitrogens with one attached hydrogen (secondary N) is 1. The first-order valence-corrected chi connectivity index (χ1v) is 8.33. The highest BCUT2D eigenvalue weighted by atomic mass is 19.1. The molecule has 0 saturated heterocycles. The first-order valence-electron chi connectivity index (χ1n) is 8.33. The number of esters is 1. The minimum absolute atomic E-state index is 0.107. The summed E-state index contributed by atoms with van der Waals surface area (Å²) in [4.78, 5) is 25.7. The second kappa shape index (κ2) is 9.14. The summed E-state index contributed by atoms with van der Waals surface area (Å²) in [5.74, 6) is -0.969. The third kappa shape index (κ3) is 5.52. The maximum atomic E-state index is 13.8. The molecule has 0 radical (unpaired) electrons. The number of methoxy groups -OCH3 is 2. The summed E-state index contributed by atoms with van der Waals surface area (Å²) in [6.07, 6.45) is 0. The molecule has 0 aliphatic carbocycles. The van der Waals surface area contributed by atoms with Crippen LogP contribution in [0.2, 0.25) is 0 Å². The van der Waals surface area contributed by atoms with Crippen LogP contribution in [-0.2, 0) is 16.1 Å². The Morgan fingerprint density at radius 3 is 2.52 bits per heavy atom. The molecule has 0 aliphatic heterocycles. The number of benzene rings is 2. The van der Waals surface area contributed by atoms with E-state index in [1.54, 1.807) is 42.3 Å². The van der Waals surface area contributed by atoms with E-state index < -0.39 is 11.8 Å². The molecule has 0 spiro atoms. The standard InChI is InChI=1S/C20H23FN2O4/c1-13-5-7-15(20(25)27-4)10-17(13)22-19(24)12-23(2)11-14-6-8-18(26-3)16(21)9-14/h5-10H,11-12H2,1-4H3,(H,22,24). The zero-order valence-electron chi connectivity index (χ0n) is 15.8. The SMILES string of the molecule is COC(=O)c1ccc(C)c(NC(=O)CN(C)Cc2ccc(OC)c(F)c2)c1. The molecule has 2 rings (SSSR count). The smallest absolute Gasteiger partial charge is 0.337 e. The number of carbonyl (C=O) groups is 2. The Bertz CT molecular complexity index is 839. The van der Waals surface area contributed by atoms with Crippen molar-refractivity contribution in [2.24, 2.45) is 0 Å². The third-order valence-corrected chi connectivity index (χ3v) is 4.01. The van der Waals surface area contributed by atoms with Crippen LogP contribution in [0.5, 0.6) is 5.75 Å². The van der Waals surface area contributed by atoms with Gasteiger partial charge in [0.1, 0.15) is 0 Å². The average Bonchev–Trinajstić information content (AvgIpc) is 2.62. The molecule has 1 amide bonds. The van der Waals surface area contributed by atoms with E-state index in [4.69, 9.17) is 9.47 Å². The molecule has 2 aromatic carbocycles. The summed E-state index contributed by atoms with van der Waals surface area (Å²) in [7, 11) is 4.47. The molecule has 0 fully saturated rings. The summed E-state index contributed by atoms with van der Waals surface area (Å²) in [6.45, 7) is 2.34. The Morgan fingerprint density at radius 2 is 1.89 bits per heavy atom. The van der Waals surface area contributed by atoms with Gasteiger partial charge in [0.05, 0.1) is 26.3 Å². The number of hydrogen-bond acceptors (Lipinski definition) is 5. The predicted molar refractivity (Wildman–Crippen MR) is 100 cm³/mol. The van der Waals surface area contributed by atoms with Gasteiger partial charge in [0.2, 0.25) is 5.91 Å². The van der Waals surface area contributed by atoms with E-state index in [2.05, 4.69) is 5.32 Å². The van der Waals surface area contributed by atoms with E-state index in [1.165, 1.54) is 20.3 Å². The highest BCUT2D eigenvalue weighted by Gasteiger charge is 2.13. The Morgan fingerprint density at radius 1 is 1.15 bits per heavy atom. The molecule has 2 aromatic rings. The normalized spacial score (nSPS) is 10.6. The summed E-state index contributed by atoms with van der Waals surface area (Å²) in [5.41, 5.74) is 2.47. The Hall–Kier alpha value is -2.93. The van der Waals surface area contributed by atoms with Gasteiger partial charge in [-0.25, -0.2) is 9.18 Å². The summed E-state index contributed by atoms with van der Waals surface area (Å²) in [6, 6.07) is 9.66. The minimum atomic E-state index is -0.468. The quantitative estimate of drug-likeness (QED) is 0.755. The monoisotopic (exact) mass is 374 g/mol. The lowest BCUT2D eigenvalue weighted by molar-refractivity contribution is -0.117. The van der Waals surface area contributed by atoms with Gasteiger partial charge in [-0.2, -0.15) is 0 Å². The van der Waals surface area contributed by atoms with Crippen molar-refractivity contribution >= 4 is 17.6 Å². The van der Waals surface area contributed by atoms with Gasteiger partial charge in [0, 0.05) is 12.2 Å². The lowest BCUT2D eigenvalue weighted by Gasteiger charge is -2.17. The molecule has 27 heavy (non-hydrogen) atoms. The van der Waals surface area contributed by atoms with E-state index in [0.29, 0.717) is 17.8 Å². The van der Waals surface area contributed by atoms with Crippen LogP contribution in [0, 0.1) is 12.7 Å². The van der Waals surface area contributed by atoms with Crippen LogP contribution in [0.25, 0.3) is 0 Å². The van der Waals surface area contributed by atoms with Gasteiger partial charge in [-0.05, 0) is 49.4 Å². The number of anilines is 1. The zero-order chi connectivity index (χ0) is 20.0. The van der Waals surface area contributed by atoms with Gasteiger partial charge < -0.3 is 14.8 Å². The highest BCUT2D eigenvalue weighted by Crippen LogP contribution is 2.19. The zero-order valence-corrected chi connectivity index (χ0v) is 15.8. The van der Waals surface area contributed by atoms with Crippen molar-refractivity contribution < 1.29 is 23.5 Å². The fourth-order valence-corrected chi connectivity index (χ4v) is 2.61. The fourth-order valence-electron chi connectivity index (χ4n) is 2.61. The molecular formula is C20H23FN2O4. The molecule has 1 N–H and O–H groups in total. The Kier molecular flexibility index (Phi) is 6.90. The van der Waals surface area contributed by atoms with Crippen molar-refractivity contribution in [3.05, 3.63) is 58.9 Å². The summed E-state index contributed by atoms with van der Waals surface area (Å²) >= 11 is 0. The minimum Gasteiger partial charge on any atom is -0.494 e. The number of rotatable bonds is 7. The number of amides is 1. The van der Waals surface area contributed by atoms with Gasteiger partial charge in [-0.3, -0.25) is 9.69 Å². The molecule has 0 bridgehead atoms. The largest absolute Gasteiger partial charge is 0.494 e. The van der Waals surface area contributed by atoms with Crippen molar-refractivity contribution in [3.8, 4) is 5.75 Å². The first-order chi connectivity index (χ1) is 12.8. The van der Waals surface area contributed by atoms with Crippen LogP contribution in [0.4, 0.5) is 10.1 Å². The van der Waals surface area contributed by atoms with Crippen LogP contribution >= 0.6 is 0 Å². The highest BCUT2D eigenvalue weighted by molar-refractivity contribution is 5.96. The third-order valence-electron chi connectivity index (χ3n) is 4.01. The van der Waals surface area contributed by atoms with E-state index in [-0.39, 0.29) is 18.2 Å². The average molecular weight is 374 g/mol. The number of nitrogens with zero attached hydrogens (tertiary/aromatic N) is 1. The Balaban J connectivity index is 1.99. The first kappa shape index (κ1) is 20.4. The van der Waals surface area contributed by atoms with E-state index in [9.17, 15) is 14.0 Å². The number of likely N-dealkylation sites (N-methyl/N-ethyl adjacent to an activating group) is 1. The molecule has 0 aliphatic rings. The van der Waals surface area contributed by atoms with Crippen molar-refractivity contribution in [1.82, 2.24) is 4.90 Å². The number of aryl methyl sites for hydroxylation is 1. The number of carbonyl (C=O) groups excluding carboxylic acids is 2. The lowest BCUT2D eigenvalue weighted by Crippen LogP contribution is -2.30. The predicted octanol–water partition coefficient (Wildman–Crippen LogP) is 3.00. The van der Waals surface area contributed by atoms with Crippen LogP contribution in [0.15, 0.2) is 36.4 Å². The van der Waals surface area contributed by atoms with Crippen molar-refractivity contribution in [1.29, 1.82) is 0 Å². The van der Waals surface area contributed by atoms with Gasteiger partial charge in [-0.15, -0.1) is 0 Å². The molecule has 6 nitrogen and oxygen atoms in total. The molecule has 0 heterocycles.